The maximum atomic E-state index is 14.0. The van der Waals surface area contributed by atoms with Gasteiger partial charge in [0.15, 0.2) is 16.9 Å². The van der Waals surface area contributed by atoms with Crippen LogP contribution in [0.5, 0.6) is 0 Å². The number of nitrogens with zero attached hydrogens (tertiary/aromatic N) is 3. The topological polar surface area (TPSA) is 192 Å². The third-order valence-corrected chi connectivity index (χ3v) is 10.8. The molecule has 0 radical (unpaired) electrons. The van der Waals surface area contributed by atoms with E-state index in [4.69, 9.17) is 30.6 Å². The molecule has 1 saturated heterocycles. The largest absolute Gasteiger partial charge is 0.457 e. The van der Waals surface area contributed by atoms with E-state index in [-0.39, 0.29) is 33.7 Å². The van der Waals surface area contributed by atoms with Crippen molar-refractivity contribution < 1.29 is 47.2 Å². The Morgan fingerprint density at radius 2 is 1.53 bits per heavy atom. The standard InChI is InChI=1S/C39H44ClN5O10S2/c1-37(2,3)53-34(49)39(7,8)55-44-26(25-20-56-35(41-25)43-36(50)54-38(4,5)6)30(46)42-27-31(47)45-28(24(19-40)21-57(51)32(27)45)33(48)52-29(22-15-11-9-12-16-22)23-17-13-10-14-18-23/h9-18,20,27,29,32H,19,21H2,1-8H3,(H,42,46)(H,41,43,50)/t27-,32-,57?/m1/s1. The lowest BCUT2D eigenvalue weighted by Gasteiger charge is -2.49. The molecule has 3 heterocycles. The van der Waals surface area contributed by atoms with Gasteiger partial charge in [0.2, 0.25) is 5.60 Å². The molecule has 0 aliphatic carbocycles. The third kappa shape index (κ3) is 10.4. The number of benzene rings is 2. The van der Waals surface area contributed by atoms with Gasteiger partial charge in [0, 0.05) is 11.3 Å². The number of carbonyl (C=O) groups is 5. The molecular weight excluding hydrogens is 798 g/mol. The number of oxime groups is 1. The highest BCUT2D eigenvalue weighted by molar-refractivity contribution is 7.86. The van der Waals surface area contributed by atoms with Crippen LogP contribution in [0.1, 0.15) is 78.3 Å². The van der Waals surface area contributed by atoms with Crippen LogP contribution in [0.3, 0.4) is 0 Å². The van der Waals surface area contributed by atoms with Gasteiger partial charge in [-0.2, -0.15) is 0 Å². The van der Waals surface area contributed by atoms with Gasteiger partial charge in [0.05, 0.1) is 16.6 Å². The highest BCUT2D eigenvalue weighted by Gasteiger charge is 2.57. The van der Waals surface area contributed by atoms with Gasteiger partial charge in [-0.25, -0.2) is 19.4 Å². The molecule has 0 bridgehead atoms. The lowest BCUT2D eigenvalue weighted by molar-refractivity contribution is -0.179. The molecule has 2 aromatic carbocycles. The first kappa shape index (κ1) is 43.0. The first-order valence-corrected chi connectivity index (χ1v) is 20.5. The first-order valence-electron chi connectivity index (χ1n) is 17.7. The Balaban J connectivity index is 1.42. The normalized spacial score (nSPS) is 18.6. The van der Waals surface area contributed by atoms with Crippen molar-refractivity contribution in [2.45, 2.75) is 89.7 Å². The minimum atomic E-state index is -1.82. The summed E-state index contributed by atoms with van der Waals surface area (Å²) in [6, 6.07) is 16.7. The highest BCUT2D eigenvalue weighted by Crippen LogP contribution is 2.37. The number of rotatable bonds is 12. The molecule has 15 nitrogen and oxygen atoms in total. The zero-order valence-corrected chi connectivity index (χ0v) is 35.0. The van der Waals surface area contributed by atoms with Crippen molar-refractivity contribution in [3.8, 4) is 0 Å². The van der Waals surface area contributed by atoms with Crippen molar-refractivity contribution in [2.75, 3.05) is 16.9 Å². The van der Waals surface area contributed by atoms with Gasteiger partial charge in [-0.3, -0.25) is 24.0 Å². The summed E-state index contributed by atoms with van der Waals surface area (Å²) in [4.78, 5) is 78.2. The van der Waals surface area contributed by atoms with Gasteiger partial charge in [0.1, 0.15) is 34.0 Å². The number of fused-ring (bicyclic) bond motifs is 1. The zero-order valence-electron chi connectivity index (χ0n) is 32.6. The van der Waals surface area contributed by atoms with E-state index < -0.39 is 80.7 Å². The number of nitrogens with one attached hydrogen (secondary N) is 2. The lowest BCUT2D eigenvalue weighted by Crippen LogP contribution is -2.74. The summed E-state index contributed by atoms with van der Waals surface area (Å²) in [6.45, 7) is 12.8. The van der Waals surface area contributed by atoms with Crippen LogP contribution in [-0.2, 0) is 49.0 Å². The van der Waals surface area contributed by atoms with Crippen LogP contribution in [0.25, 0.3) is 0 Å². The molecule has 1 unspecified atom stereocenters. The SMILES string of the molecule is CC(C)(C)OC(=O)Nc1nc(C(=NOC(C)(C)C(=O)OC(C)(C)C)C(=O)N[C@@H]2C(=O)N3C(C(=O)OC(c4ccccc4)c4ccccc4)=C(CCl)CS(=O)[C@H]23)cs1. The number of hydrogen-bond acceptors (Lipinski definition) is 13. The highest BCUT2D eigenvalue weighted by atomic mass is 35.5. The Morgan fingerprint density at radius 1 is 0.947 bits per heavy atom. The maximum absolute atomic E-state index is 14.0. The van der Waals surface area contributed by atoms with Crippen molar-refractivity contribution in [3.05, 3.63) is 94.1 Å². The van der Waals surface area contributed by atoms with Crippen LogP contribution in [0, 0.1) is 0 Å². The summed E-state index contributed by atoms with van der Waals surface area (Å²) < 4.78 is 30.4. The number of carbonyl (C=O) groups excluding carboxylic acids is 5. The molecule has 5 rings (SSSR count). The number of alkyl halides is 1. The number of thiazole rings is 1. The number of ether oxygens (including phenoxy) is 3. The predicted molar refractivity (Wildman–Crippen MR) is 214 cm³/mol. The number of hydrogen-bond donors (Lipinski definition) is 2. The summed E-state index contributed by atoms with van der Waals surface area (Å²) >= 11 is 7.19. The van der Waals surface area contributed by atoms with Gasteiger partial charge in [-0.1, -0.05) is 65.8 Å². The van der Waals surface area contributed by atoms with Crippen molar-refractivity contribution in [2.24, 2.45) is 5.16 Å². The molecule has 3 aromatic rings. The summed E-state index contributed by atoms with van der Waals surface area (Å²) in [6.07, 6.45) is -1.65. The fourth-order valence-electron chi connectivity index (χ4n) is 5.53. The summed E-state index contributed by atoms with van der Waals surface area (Å²) in [5.74, 6) is -3.78. The van der Waals surface area contributed by atoms with Crippen LogP contribution in [0.15, 0.2) is 82.5 Å². The lowest BCUT2D eigenvalue weighted by atomic mass is 10.0. The number of anilines is 1. The van der Waals surface area contributed by atoms with Crippen LogP contribution < -0.4 is 10.6 Å². The van der Waals surface area contributed by atoms with E-state index >= 15 is 0 Å². The molecule has 3 atom stereocenters. The predicted octanol–water partition coefficient (Wildman–Crippen LogP) is 5.57. The Morgan fingerprint density at radius 3 is 2.07 bits per heavy atom. The molecule has 2 aliphatic heterocycles. The molecule has 1 aromatic heterocycles. The monoisotopic (exact) mass is 841 g/mol. The molecule has 57 heavy (non-hydrogen) atoms. The molecule has 18 heteroatoms. The number of aromatic nitrogens is 1. The van der Waals surface area contributed by atoms with Crippen molar-refractivity contribution in [3.63, 3.8) is 0 Å². The molecule has 3 amide bonds. The summed E-state index contributed by atoms with van der Waals surface area (Å²) in [7, 11) is -1.82. The minimum absolute atomic E-state index is 0.0386. The Bertz CT molecular complexity index is 2070. The average Bonchev–Trinajstić information content (AvgIpc) is 3.58. The molecule has 0 saturated carbocycles. The van der Waals surface area contributed by atoms with E-state index in [1.54, 1.807) is 90.1 Å². The molecule has 0 spiro atoms. The third-order valence-electron chi connectivity index (χ3n) is 8.10. The molecular formula is C39H44ClN5O10S2. The fourth-order valence-corrected chi connectivity index (χ4v) is 8.23. The Kier molecular flexibility index (Phi) is 12.9. The van der Waals surface area contributed by atoms with E-state index in [2.05, 4.69) is 20.8 Å². The number of β-lactam (4-membered cyclic amide) rings is 1. The minimum Gasteiger partial charge on any atom is -0.457 e. The van der Waals surface area contributed by atoms with Crippen LogP contribution in [0.4, 0.5) is 9.93 Å². The van der Waals surface area contributed by atoms with Gasteiger partial charge < -0.3 is 24.4 Å². The van der Waals surface area contributed by atoms with E-state index in [0.29, 0.717) is 11.1 Å². The van der Waals surface area contributed by atoms with Crippen LogP contribution >= 0.6 is 22.9 Å². The zero-order chi connectivity index (χ0) is 41.9. The van der Waals surface area contributed by atoms with E-state index in [9.17, 15) is 28.2 Å². The quantitative estimate of drug-likeness (QED) is 0.0579. The second kappa shape index (κ2) is 17.2. The summed E-state index contributed by atoms with van der Waals surface area (Å²) in [5.41, 5.74) is -2.52. The second-order valence-corrected chi connectivity index (χ2v) is 18.1. The Hall–Kier alpha value is -5.13. The van der Waals surface area contributed by atoms with Gasteiger partial charge in [0.25, 0.3) is 11.8 Å². The van der Waals surface area contributed by atoms with Gasteiger partial charge >= 0.3 is 18.0 Å². The number of amides is 3. The molecule has 2 aliphatic rings. The smallest absolute Gasteiger partial charge is 0.413 e. The Labute approximate surface area is 341 Å². The van der Waals surface area contributed by atoms with E-state index in [1.807, 2.05) is 12.1 Å². The first-order chi connectivity index (χ1) is 26.7. The van der Waals surface area contributed by atoms with Gasteiger partial charge in [-0.15, -0.1) is 22.9 Å². The fraction of sp³-hybridized carbons (Fsp3) is 0.410. The van der Waals surface area contributed by atoms with Crippen LogP contribution in [0.2, 0.25) is 0 Å². The average molecular weight is 842 g/mol. The molecule has 304 valence electrons. The van der Waals surface area contributed by atoms with E-state index in [1.165, 1.54) is 19.2 Å². The number of esters is 2. The maximum Gasteiger partial charge on any atom is 0.413 e. The van der Waals surface area contributed by atoms with E-state index in [0.717, 1.165) is 16.2 Å². The molecule has 1 fully saturated rings. The second-order valence-electron chi connectivity index (χ2n) is 15.5. The van der Waals surface area contributed by atoms with Gasteiger partial charge in [-0.05, 0) is 72.1 Å². The van der Waals surface area contributed by atoms with Crippen molar-refractivity contribution in [1.29, 1.82) is 0 Å². The van der Waals surface area contributed by atoms with Crippen LogP contribution in [-0.4, -0.2) is 89.5 Å². The summed E-state index contributed by atoms with van der Waals surface area (Å²) in [5, 5.41) is 9.29. The van der Waals surface area contributed by atoms with Crippen molar-refractivity contribution >= 4 is 74.4 Å². The number of halogens is 1. The van der Waals surface area contributed by atoms with Crippen molar-refractivity contribution in [1.82, 2.24) is 15.2 Å². The molecule has 2 N–H and O–H groups in total.